The Kier molecular flexibility index (Phi) is 5.23. The summed E-state index contributed by atoms with van der Waals surface area (Å²) in [5.74, 6) is -0.775. The van der Waals surface area contributed by atoms with Gasteiger partial charge in [-0.25, -0.2) is 8.42 Å². The zero-order chi connectivity index (χ0) is 19.7. The summed E-state index contributed by atoms with van der Waals surface area (Å²) in [6, 6.07) is 9.72. The normalized spacial score (nSPS) is 15.0. The molecular formula is C18H19F3N2O3S. The number of halogens is 3. The highest BCUT2D eigenvalue weighted by atomic mass is 32.2. The fourth-order valence-corrected chi connectivity index (χ4v) is 4.30. The van der Waals surface area contributed by atoms with Crippen molar-refractivity contribution in [3.8, 4) is 5.75 Å². The fourth-order valence-electron chi connectivity index (χ4n) is 3.12. The van der Waals surface area contributed by atoms with Gasteiger partial charge in [0.05, 0.1) is 0 Å². The Labute approximate surface area is 155 Å². The smallest absolute Gasteiger partial charge is 0.404 e. The SMILES string of the molecule is Cc1cc(NS(=O)(=O)c2ccccc2OC(F)(F)F)ccc1N1CCCC1. The van der Waals surface area contributed by atoms with Gasteiger partial charge >= 0.3 is 6.36 Å². The Morgan fingerprint density at radius 2 is 1.74 bits per heavy atom. The number of nitrogens with zero attached hydrogens (tertiary/aromatic N) is 1. The van der Waals surface area contributed by atoms with Crippen molar-refractivity contribution in [2.45, 2.75) is 31.0 Å². The van der Waals surface area contributed by atoms with E-state index < -0.39 is 27.0 Å². The molecule has 1 saturated heterocycles. The molecule has 0 aromatic heterocycles. The van der Waals surface area contributed by atoms with Crippen molar-refractivity contribution in [2.24, 2.45) is 0 Å². The average molecular weight is 400 g/mol. The van der Waals surface area contributed by atoms with Crippen molar-refractivity contribution in [3.05, 3.63) is 48.0 Å². The first-order chi connectivity index (χ1) is 12.7. The second-order valence-corrected chi connectivity index (χ2v) is 7.95. The number of benzene rings is 2. The summed E-state index contributed by atoms with van der Waals surface area (Å²) in [7, 11) is -4.25. The van der Waals surface area contributed by atoms with Gasteiger partial charge in [-0.15, -0.1) is 13.2 Å². The lowest BCUT2D eigenvalue weighted by molar-refractivity contribution is -0.275. The van der Waals surface area contributed by atoms with Crippen LogP contribution in [0.2, 0.25) is 0 Å². The van der Waals surface area contributed by atoms with Crippen molar-refractivity contribution in [2.75, 3.05) is 22.7 Å². The molecule has 0 amide bonds. The van der Waals surface area contributed by atoms with Crippen LogP contribution in [0.1, 0.15) is 18.4 Å². The highest BCUT2D eigenvalue weighted by Crippen LogP contribution is 2.32. The van der Waals surface area contributed by atoms with Crippen LogP contribution < -0.4 is 14.4 Å². The zero-order valence-corrected chi connectivity index (χ0v) is 15.4. The molecule has 1 aliphatic heterocycles. The van der Waals surface area contributed by atoms with E-state index in [1.54, 1.807) is 12.1 Å². The number of ether oxygens (including phenoxy) is 1. The molecule has 146 valence electrons. The van der Waals surface area contributed by atoms with E-state index in [0.717, 1.165) is 49.3 Å². The van der Waals surface area contributed by atoms with Crippen molar-refractivity contribution >= 4 is 21.4 Å². The fraction of sp³-hybridized carbons (Fsp3) is 0.333. The van der Waals surface area contributed by atoms with Gasteiger partial charge in [0, 0.05) is 24.5 Å². The van der Waals surface area contributed by atoms with E-state index in [-0.39, 0.29) is 5.69 Å². The van der Waals surface area contributed by atoms with Gasteiger partial charge in [0.2, 0.25) is 0 Å². The van der Waals surface area contributed by atoms with Crippen LogP contribution >= 0.6 is 0 Å². The number of hydrogen-bond acceptors (Lipinski definition) is 4. The molecule has 27 heavy (non-hydrogen) atoms. The number of alkyl halides is 3. The minimum atomic E-state index is -4.99. The monoisotopic (exact) mass is 400 g/mol. The van der Waals surface area contributed by atoms with E-state index in [9.17, 15) is 21.6 Å². The van der Waals surface area contributed by atoms with Gasteiger partial charge in [-0.05, 0) is 55.7 Å². The summed E-state index contributed by atoms with van der Waals surface area (Å²) >= 11 is 0. The van der Waals surface area contributed by atoms with Gasteiger partial charge in [0.25, 0.3) is 10.0 Å². The Balaban J connectivity index is 1.86. The van der Waals surface area contributed by atoms with Crippen LogP contribution in [-0.2, 0) is 10.0 Å². The maximum atomic E-state index is 12.6. The maximum absolute atomic E-state index is 12.6. The second kappa shape index (κ2) is 7.30. The average Bonchev–Trinajstić information content (AvgIpc) is 3.07. The standard InChI is InChI=1S/C18H19F3N2O3S/c1-13-12-14(8-9-15(13)23-10-4-5-11-23)22-27(24,25)17-7-3-2-6-16(17)26-18(19,20)21/h2-3,6-9,12,22H,4-5,10-11H2,1H3. The number of para-hydroxylation sites is 1. The maximum Gasteiger partial charge on any atom is 0.573 e. The Bertz CT molecular complexity index is 924. The molecule has 5 nitrogen and oxygen atoms in total. The van der Waals surface area contributed by atoms with Crippen LogP contribution in [0.5, 0.6) is 5.75 Å². The Morgan fingerprint density at radius 1 is 1.07 bits per heavy atom. The number of rotatable bonds is 5. The van der Waals surface area contributed by atoms with Crippen LogP contribution in [0.4, 0.5) is 24.5 Å². The minimum absolute atomic E-state index is 0.275. The third-order valence-corrected chi connectivity index (χ3v) is 5.68. The lowest BCUT2D eigenvalue weighted by atomic mass is 10.1. The molecule has 1 N–H and O–H groups in total. The van der Waals surface area contributed by atoms with Crippen molar-refractivity contribution < 1.29 is 26.3 Å². The number of aryl methyl sites for hydroxylation is 1. The van der Waals surface area contributed by atoms with Gasteiger partial charge < -0.3 is 9.64 Å². The third-order valence-electron chi connectivity index (χ3n) is 4.26. The lowest BCUT2D eigenvalue weighted by Gasteiger charge is -2.21. The summed E-state index contributed by atoms with van der Waals surface area (Å²) < 4.78 is 69.0. The van der Waals surface area contributed by atoms with Crippen LogP contribution in [0.3, 0.4) is 0 Å². The van der Waals surface area contributed by atoms with E-state index >= 15 is 0 Å². The molecule has 3 rings (SSSR count). The van der Waals surface area contributed by atoms with E-state index in [1.165, 1.54) is 12.1 Å². The summed E-state index contributed by atoms with van der Waals surface area (Å²) in [6.45, 7) is 3.77. The topological polar surface area (TPSA) is 58.6 Å². The van der Waals surface area contributed by atoms with Gasteiger partial charge in [-0.3, -0.25) is 4.72 Å². The first-order valence-electron chi connectivity index (χ1n) is 8.39. The van der Waals surface area contributed by atoms with Gasteiger partial charge in [0.15, 0.2) is 0 Å². The molecule has 1 heterocycles. The molecule has 0 radical (unpaired) electrons. The second-order valence-electron chi connectivity index (χ2n) is 6.30. The van der Waals surface area contributed by atoms with Gasteiger partial charge in [-0.1, -0.05) is 12.1 Å². The van der Waals surface area contributed by atoms with E-state index in [2.05, 4.69) is 14.4 Å². The summed E-state index contributed by atoms with van der Waals surface area (Å²) in [6.07, 6.45) is -2.76. The Hall–Kier alpha value is -2.42. The first-order valence-corrected chi connectivity index (χ1v) is 9.87. The van der Waals surface area contributed by atoms with Crippen LogP contribution in [-0.4, -0.2) is 27.9 Å². The summed E-state index contributed by atoms with van der Waals surface area (Å²) in [5.41, 5.74) is 2.19. The highest BCUT2D eigenvalue weighted by molar-refractivity contribution is 7.92. The van der Waals surface area contributed by atoms with E-state index in [1.807, 2.05) is 13.0 Å². The molecular weight excluding hydrogens is 381 g/mol. The van der Waals surface area contributed by atoms with Gasteiger partial charge in [-0.2, -0.15) is 0 Å². The van der Waals surface area contributed by atoms with Crippen LogP contribution in [0.25, 0.3) is 0 Å². The summed E-state index contributed by atoms with van der Waals surface area (Å²) in [5, 5.41) is 0. The van der Waals surface area contributed by atoms with Crippen molar-refractivity contribution in [1.29, 1.82) is 0 Å². The lowest BCUT2D eigenvalue weighted by Crippen LogP contribution is -2.21. The molecule has 0 saturated carbocycles. The predicted octanol–water partition coefficient (Wildman–Crippen LogP) is 4.29. The highest BCUT2D eigenvalue weighted by Gasteiger charge is 2.34. The molecule has 1 fully saturated rings. The largest absolute Gasteiger partial charge is 0.573 e. The molecule has 0 unspecified atom stereocenters. The van der Waals surface area contributed by atoms with E-state index in [4.69, 9.17) is 0 Å². The third kappa shape index (κ3) is 4.65. The molecule has 1 aliphatic rings. The van der Waals surface area contributed by atoms with Crippen molar-refractivity contribution in [3.63, 3.8) is 0 Å². The molecule has 0 atom stereocenters. The summed E-state index contributed by atoms with van der Waals surface area (Å²) in [4.78, 5) is 1.64. The zero-order valence-electron chi connectivity index (χ0n) is 14.6. The molecule has 2 aromatic rings. The number of nitrogens with one attached hydrogen (secondary N) is 1. The van der Waals surface area contributed by atoms with Crippen LogP contribution in [0, 0.1) is 6.92 Å². The number of anilines is 2. The first kappa shape index (κ1) is 19.3. The minimum Gasteiger partial charge on any atom is -0.404 e. The quantitative estimate of drug-likeness (QED) is 0.813. The molecule has 0 spiro atoms. The van der Waals surface area contributed by atoms with Gasteiger partial charge in [0.1, 0.15) is 10.6 Å². The predicted molar refractivity (Wildman–Crippen MR) is 96.6 cm³/mol. The van der Waals surface area contributed by atoms with E-state index in [0.29, 0.717) is 0 Å². The van der Waals surface area contributed by atoms with Crippen LogP contribution in [0.15, 0.2) is 47.4 Å². The Morgan fingerprint density at radius 3 is 2.37 bits per heavy atom. The molecule has 9 heteroatoms. The molecule has 2 aromatic carbocycles. The van der Waals surface area contributed by atoms with Crippen molar-refractivity contribution in [1.82, 2.24) is 0 Å². The molecule has 0 aliphatic carbocycles. The molecule has 0 bridgehead atoms. The number of hydrogen-bond donors (Lipinski definition) is 1. The number of sulfonamides is 1.